The Labute approximate surface area is 147 Å². The molecule has 6 nitrogen and oxygen atoms in total. The second-order valence-electron chi connectivity index (χ2n) is 5.57. The molecule has 0 aliphatic heterocycles. The smallest absolute Gasteiger partial charge is 0.175 e. The van der Waals surface area contributed by atoms with Gasteiger partial charge in [0.25, 0.3) is 0 Å². The van der Waals surface area contributed by atoms with Gasteiger partial charge in [-0.3, -0.25) is 4.40 Å². The summed E-state index contributed by atoms with van der Waals surface area (Å²) in [5, 5.41) is 14.5. The van der Waals surface area contributed by atoms with Gasteiger partial charge in [-0.2, -0.15) is 5.10 Å². The Kier molecular flexibility index (Phi) is 3.05. The molecule has 0 bridgehead atoms. The average molecular weight is 347 g/mol. The van der Waals surface area contributed by atoms with Crippen LogP contribution in [0.1, 0.15) is 0 Å². The maximum absolute atomic E-state index is 6.30. The zero-order chi connectivity index (χ0) is 16.8. The van der Waals surface area contributed by atoms with Crippen LogP contribution < -0.4 is 0 Å². The summed E-state index contributed by atoms with van der Waals surface area (Å²) >= 11 is 6.30. The monoisotopic (exact) mass is 346 g/mol. The molecule has 25 heavy (non-hydrogen) atoms. The van der Waals surface area contributed by atoms with Crippen LogP contribution in [0.2, 0.25) is 5.02 Å². The summed E-state index contributed by atoms with van der Waals surface area (Å²) in [6.45, 7) is 0. The van der Waals surface area contributed by atoms with Crippen molar-refractivity contribution >= 4 is 28.3 Å². The fourth-order valence-electron chi connectivity index (χ4n) is 2.90. The first kappa shape index (κ1) is 14.1. The highest BCUT2D eigenvalue weighted by Gasteiger charge is 2.16. The molecular formula is C18H11ClN6. The highest BCUT2D eigenvalue weighted by molar-refractivity contribution is 6.32. The first-order valence-corrected chi connectivity index (χ1v) is 8.08. The summed E-state index contributed by atoms with van der Waals surface area (Å²) in [7, 11) is 0. The zero-order valence-electron chi connectivity index (χ0n) is 12.9. The van der Waals surface area contributed by atoms with Gasteiger partial charge >= 0.3 is 0 Å². The van der Waals surface area contributed by atoms with Crippen molar-refractivity contribution in [3.05, 3.63) is 72.1 Å². The Morgan fingerprint density at radius 1 is 0.840 bits per heavy atom. The number of para-hydroxylation sites is 1. The van der Waals surface area contributed by atoms with Gasteiger partial charge in [0.1, 0.15) is 6.33 Å². The SMILES string of the molecule is Clc1ccccc1-n1ncc2c1ncn1c(-c3ccccc3)nnc21. The van der Waals surface area contributed by atoms with E-state index in [2.05, 4.69) is 20.3 Å². The number of nitrogens with zero attached hydrogens (tertiary/aromatic N) is 6. The van der Waals surface area contributed by atoms with Crippen molar-refractivity contribution in [2.24, 2.45) is 0 Å². The minimum atomic E-state index is 0.612. The van der Waals surface area contributed by atoms with Gasteiger partial charge in [0.2, 0.25) is 0 Å². The normalized spacial score (nSPS) is 11.4. The van der Waals surface area contributed by atoms with Crippen molar-refractivity contribution < 1.29 is 0 Å². The van der Waals surface area contributed by atoms with E-state index < -0.39 is 0 Å². The Morgan fingerprint density at radius 2 is 1.64 bits per heavy atom. The van der Waals surface area contributed by atoms with Crippen molar-refractivity contribution in [2.45, 2.75) is 0 Å². The second kappa shape index (κ2) is 5.39. The highest BCUT2D eigenvalue weighted by atomic mass is 35.5. The minimum absolute atomic E-state index is 0.612. The van der Waals surface area contributed by atoms with Crippen molar-refractivity contribution in [3.8, 4) is 17.1 Å². The summed E-state index contributed by atoms with van der Waals surface area (Å²) in [4.78, 5) is 4.57. The molecule has 5 rings (SSSR count). The van der Waals surface area contributed by atoms with E-state index in [1.165, 1.54) is 0 Å². The molecule has 0 fully saturated rings. The third-order valence-electron chi connectivity index (χ3n) is 4.09. The molecule has 7 heteroatoms. The van der Waals surface area contributed by atoms with E-state index in [0.717, 1.165) is 22.5 Å². The first-order chi connectivity index (χ1) is 12.3. The topological polar surface area (TPSA) is 60.9 Å². The predicted molar refractivity (Wildman–Crippen MR) is 95.9 cm³/mol. The molecule has 3 aromatic heterocycles. The summed E-state index contributed by atoms with van der Waals surface area (Å²) in [5.41, 5.74) is 3.16. The van der Waals surface area contributed by atoms with Gasteiger partial charge in [-0.15, -0.1) is 10.2 Å². The van der Waals surface area contributed by atoms with Gasteiger partial charge in [0.05, 0.1) is 22.3 Å². The molecule has 0 aliphatic rings. The number of hydrogen-bond acceptors (Lipinski definition) is 4. The maximum Gasteiger partial charge on any atom is 0.175 e. The maximum atomic E-state index is 6.30. The molecular weight excluding hydrogens is 336 g/mol. The Hall–Kier alpha value is -3.25. The van der Waals surface area contributed by atoms with Crippen molar-refractivity contribution in [1.82, 2.24) is 29.4 Å². The number of benzene rings is 2. The van der Waals surface area contributed by atoms with E-state index in [0.29, 0.717) is 16.3 Å². The molecule has 0 spiro atoms. The standard InChI is InChI=1S/C18H11ClN6/c19-14-8-4-5-9-15(14)25-17-13(10-21-25)18-23-22-16(24(18)11-20-17)12-6-2-1-3-7-12/h1-11H. The van der Waals surface area contributed by atoms with Crippen LogP contribution >= 0.6 is 11.6 Å². The van der Waals surface area contributed by atoms with Crippen LogP contribution in [-0.2, 0) is 0 Å². The lowest BCUT2D eigenvalue weighted by Crippen LogP contribution is -1.99. The van der Waals surface area contributed by atoms with Crippen LogP contribution in [0, 0.1) is 0 Å². The molecule has 2 aromatic carbocycles. The van der Waals surface area contributed by atoms with Crippen LogP contribution in [0.5, 0.6) is 0 Å². The quantitative estimate of drug-likeness (QED) is 0.488. The molecule has 0 amide bonds. The molecule has 0 saturated carbocycles. The van der Waals surface area contributed by atoms with Crippen molar-refractivity contribution in [2.75, 3.05) is 0 Å². The summed E-state index contributed by atoms with van der Waals surface area (Å²) in [5.74, 6) is 0.746. The molecule has 0 atom stereocenters. The van der Waals surface area contributed by atoms with E-state index in [1.807, 2.05) is 59.0 Å². The summed E-state index contributed by atoms with van der Waals surface area (Å²) < 4.78 is 3.59. The fraction of sp³-hybridized carbons (Fsp3) is 0. The number of fused-ring (bicyclic) bond motifs is 3. The first-order valence-electron chi connectivity index (χ1n) is 7.71. The van der Waals surface area contributed by atoms with E-state index in [9.17, 15) is 0 Å². The molecule has 5 aromatic rings. The van der Waals surface area contributed by atoms with Gasteiger partial charge < -0.3 is 0 Å². The van der Waals surface area contributed by atoms with Crippen LogP contribution in [0.4, 0.5) is 0 Å². The predicted octanol–water partition coefficient (Wildman–Crippen LogP) is 3.78. The van der Waals surface area contributed by atoms with E-state index in [4.69, 9.17) is 11.6 Å². The van der Waals surface area contributed by atoms with Gasteiger partial charge in [0.15, 0.2) is 17.1 Å². The number of hydrogen-bond donors (Lipinski definition) is 0. The van der Waals surface area contributed by atoms with Gasteiger partial charge in [-0.25, -0.2) is 9.67 Å². The molecule has 0 radical (unpaired) electrons. The summed E-state index contributed by atoms with van der Waals surface area (Å²) in [6, 6.07) is 17.4. The largest absolute Gasteiger partial charge is 0.265 e. The fourth-order valence-corrected chi connectivity index (χ4v) is 3.12. The Bertz CT molecular complexity index is 1210. The lowest BCUT2D eigenvalue weighted by Gasteiger charge is -2.05. The lowest BCUT2D eigenvalue weighted by molar-refractivity contribution is 0.893. The Morgan fingerprint density at radius 3 is 2.48 bits per heavy atom. The van der Waals surface area contributed by atoms with Gasteiger partial charge in [-0.1, -0.05) is 54.1 Å². The third kappa shape index (κ3) is 2.11. The number of aromatic nitrogens is 6. The molecule has 120 valence electrons. The second-order valence-corrected chi connectivity index (χ2v) is 5.98. The van der Waals surface area contributed by atoms with E-state index >= 15 is 0 Å². The van der Waals surface area contributed by atoms with E-state index in [1.54, 1.807) is 17.2 Å². The highest BCUT2D eigenvalue weighted by Crippen LogP contribution is 2.26. The average Bonchev–Trinajstić information content (AvgIpc) is 3.26. The Balaban J connectivity index is 1.76. The number of rotatable bonds is 2. The third-order valence-corrected chi connectivity index (χ3v) is 4.41. The van der Waals surface area contributed by atoms with Crippen LogP contribution in [-0.4, -0.2) is 29.4 Å². The van der Waals surface area contributed by atoms with Crippen LogP contribution in [0.15, 0.2) is 67.1 Å². The van der Waals surface area contributed by atoms with E-state index in [-0.39, 0.29) is 0 Å². The molecule has 0 unspecified atom stereocenters. The molecule has 0 aliphatic carbocycles. The number of halogens is 1. The van der Waals surface area contributed by atoms with Crippen LogP contribution in [0.25, 0.3) is 33.8 Å². The molecule has 0 saturated heterocycles. The van der Waals surface area contributed by atoms with Crippen molar-refractivity contribution in [3.63, 3.8) is 0 Å². The lowest BCUT2D eigenvalue weighted by atomic mass is 10.2. The minimum Gasteiger partial charge on any atom is -0.265 e. The van der Waals surface area contributed by atoms with Gasteiger partial charge in [-0.05, 0) is 12.1 Å². The van der Waals surface area contributed by atoms with Crippen LogP contribution in [0.3, 0.4) is 0 Å². The zero-order valence-corrected chi connectivity index (χ0v) is 13.7. The van der Waals surface area contributed by atoms with Crippen molar-refractivity contribution in [1.29, 1.82) is 0 Å². The molecule has 0 N–H and O–H groups in total. The summed E-state index contributed by atoms with van der Waals surface area (Å²) in [6.07, 6.45) is 3.46. The molecule has 3 heterocycles. The van der Waals surface area contributed by atoms with Gasteiger partial charge in [0, 0.05) is 5.56 Å².